The summed E-state index contributed by atoms with van der Waals surface area (Å²) in [7, 11) is 3.87. The molecule has 0 atom stereocenters. The minimum atomic E-state index is 0.559. The summed E-state index contributed by atoms with van der Waals surface area (Å²) in [5.41, 5.74) is 0. The molecule has 0 aliphatic heterocycles. The van der Waals surface area contributed by atoms with E-state index in [0.29, 0.717) is 6.54 Å². The van der Waals surface area contributed by atoms with Gasteiger partial charge in [-0.15, -0.1) is 0 Å². The largest absolute Gasteiger partial charge is 0.395 e. The van der Waals surface area contributed by atoms with Crippen molar-refractivity contribution in [3.8, 4) is 0 Å². The highest BCUT2D eigenvalue weighted by molar-refractivity contribution is 4.42. The van der Waals surface area contributed by atoms with Crippen LogP contribution in [0.5, 0.6) is 0 Å². The predicted molar refractivity (Wildman–Crippen MR) is 30.1 cm³/mol. The number of likely N-dealkylation sites (N-methyl/N-ethyl adjacent to an activating group) is 1. The Bertz CT molecular complexity index is 71.7. The zero-order valence-electron chi connectivity index (χ0n) is 5.20. The topological polar surface area (TPSA) is 48.2 Å². The van der Waals surface area contributed by atoms with Crippen LogP contribution in [0.1, 0.15) is 0 Å². The smallest absolute Gasteiger partial charge is 0.0762 e. The maximum atomic E-state index is 7.82. The molecule has 1 N–H and O–H groups in total. The van der Waals surface area contributed by atoms with E-state index in [-0.39, 0.29) is 0 Å². The lowest BCUT2D eigenvalue weighted by Gasteiger charge is -2.03. The van der Waals surface area contributed by atoms with E-state index in [1.54, 1.807) is 0 Å². The molecule has 0 amide bonds. The molecule has 4 nitrogen and oxygen atoms in total. The van der Waals surface area contributed by atoms with Crippen LogP contribution in [-0.4, -0.2) is 37.3 Å². The molecule has 0 unspecified atom stereocenters. The molecule has 0 heterocycles. The van der Waals surface area contributed by atoms with Gasteiger partial charge in [-0.2, -0.15) is 5.11 Å². The first-order valence-electron chi connectivity index (χ1n) is 2.43. The Kier molecular flexibility index (Phi) is 4.16. The second-order valence-electron chi connectivity index (χ2n) is 1.76. The van der Waals surface area contributed by atoms with E-state index in [1.807, 2.05) is 19.0 Å². The summed E-state index contributed by atoms with van der Waals surface area (Å²) in [6.07, 6.45) is 0. The van der Waals surface area contributed by atoms with Gasteiger partial charge in [-0.25, -0.2) is 0 Å². The van der Waals surface area contributed by atoms with Gasteiger partial charge in [-0.1, -0.05) is 0 Å². The molecule has 0 aromatic heterocycles. The first-order chi connectivity index (χ1) is 3.77. The van der Waals surface area contributed by atoms with E-state index < -0.39 is 0 Å². The summed E-state index contributed by atoms with van der Waals surface area (Å²) >= 11 is 0. The quantitative estimate of drug-likeness (QED) is 0.429. The predicted octanol–water partition coefficient (Wildman–Crippen LogP) is 0.389. The van der Waals surface area contributed by atoms with Gasteiger partial charge in [0.1, 0.15) is 0 Å². The second-order valence-corrected chi connectivity index (χ2v) is 1.76. The zero-order chi connectivity index (χ0) is 6.41. The van der Waals surface area contributed by atoms with Crippen molar-refractivity contribution in [1.82, 2.24) is 4.90 Å². The van der Waals surface area contributed by atoms with E-state index in [0.717, 1.165) is 6.54 Å². The Labute approximate surface area is 48.8 Å². The highest BCUT2D eigenvalue weighted by Crippen LogP contribution is 1.75. The highest BCUT2D eigenvalue weighted by atomic mass is 16.5. The van der Waals surface area contributed by atoms with Gasteiger partial charge in [0.05, 0.1) is 6.54 Å². The number of hydrogen-bond donors (Lipinski definition) is 1. The number of hydrogen-bond acceptors (Lipinski definition) is 3. The molecule has 0 fully saturated rings. The maximum Gasteiger partial charge on any atom is 0.0762 e. The molecule has 8 heavy (non-hydrogen) atoms. The minimum Gasteiger partial charge on any atom is -0.395 e. The highest BCUT2D eigenvalue weighted by Gasteiger charge is 1.84. The third kappa shape index (κ3) is 5.36. The van der Waals surface area contributed by atoms with Crippen LogP contribution in [0.25, 0.3) is 0 Å². The Morgan fingerprint density at radius 2 is 2.12 bits per heavy atom. The van der Waals surface area contributed by atoms with Gasteiger partial charge in [-0.05, 0) is 14.1 Å². The molecule has 0 aromatic carbocycles. The van der Waals surface area contributed by atoms with Crippen LogP contribution >= 0.6 is 0 Å². The second kappa shape index (κ2) is 4.52. The summed E-state index contributed by atoms with van der Waals surface area (Å²) < 4.78 is 0. The molecule has 0 saturated heterocycles. The van der Waals surface area contributed by atoms with Crippen molar-refractivity contribution in [3.05, 3.63) is 0 Å². The number of nitrogens with zero attached hydrogens (tertiary/aromatic N) is 3. The molecule has 0 spiro atoms. The fraction of sp³-hybridized carbons (Fsp3) is 1.00. The van der Waals surface area contributed by atoms with E-state index in [2.05, 4.69) is 10.4 Å². The molecular weight excluding hydrogens is 106 g/mol. The summed E-state index contributed by atoms with van der Waals surface area (Å²) in [5, 5.41) is 13.8. The molecular formula is C4H11N3O. The van der Waals surface area contributed by atoms with Crippen LogP contribution in [0.2, 0.25) is 0 Å². The van der Waals surface area contributed by atoms with Crippen LogP contribution < -0.4 is 0 Å². The third-order valence-corrected chi connectivity index (χ3v) is 0.710. The Morgan fingerprint density at radius 1 is 1.50 bits per heavy atom. The van der Waals surface area contributed by atoms with Gasteiger partial charge in [0.2, 0.25) is 0 Å². The van der Waals surface area contributed by atoms with Gasteiger partial charge in [0, 0.05) is 11.8 Å². The van der Waals surface area contributed by atoms with Crippen molar-refractivity contribution in [2.24, 2.45) is 10.4 Å². The SMILES string of the molecule is CN(C)CC/N=N/O. The fourth-order valence-electron chi connectivity index (χ4n) is 0.289. The molecule has 0 aliphatic carbocycles. The summed E-state index contributed by atoms with van der Waals surface area (Å²) in [4.78, 5) is 1.97. The molecule has 0 aliphatic rings. The van der Waals surface area contributed by atoms with E-state index in [1.165, 1.54) is 0 Å². The normalized spacial score (nSPS) is 11.4. The van der Waals surface area contributed by atoms with E-state index in [4.69, 9.17) is 5.21 Å². The summed E-state index contributed by atoms with van der Waals surface area (Å²) in [6, 6.07) is 0. The molecule has 0 bridgehead atoms. The van der Waals surface area contributed by atoms with Crippen molar-refractivity contribution in [3.63, 3.8) is 0 Å². The minimum absolute atomic E-state index is 0.559. The van der Waals surface area contributed by atoms with Crippen molar-refractivity contribution >= 4 is 0 Å². The van der Waals surface area contributed by atoms with Gasteiger partial charge in [0.25, 0.3) is 0 Å². The first-order valence-corrected chi connectivity index (χ1v) is 2.43. The summed E-state index contributed by atoms with van der Waals surface area (Å²) in [5.74, 6) is 0. The standard InChI is InChI=1S/C4H11N3O/c1-7(2)4-3-5-6-8/h3-4H2,1-2H3,(H,5,8). The lowest BCUT2D eigenvalue weighted by Crippen LogP contribution is -2.14. The fourth-order valence-corrected chi connectivity index (χ4v) is 0.289. The van der Waals surface area contributed by atoms with E-state index in [9.17, 15) is 0 Å². The van der Waals surface area contributed by atoms with Crippen molar-refractivity contribution in [1.29, 1.82) is 0 Å². The maximum absolute atomic E-state index is 7.82. The first kappa shape index (κ1) is 7.36. The van der Waals surface area contributed by atoms with Crippen LogP contribution in [0.4, 0.5) is 0 Å². The molecule has 0 saturated carbocycles. The van der Waals surface area contributed by atoms with Crippen LogP contribution in [0.3, 0.4) is 0 Å². The molecule has 0 aromatic rings. The van der Waals surface area contributed by atoms with Crippen LogP contribution in [0.15, 0.2) is 10.4 Å². The monoisotopic (exact) mass is 117 g/mol. The van der Waals surface area contributed by atoms with Crippen LogP contribution in [-0.2, 0) is 0 Å². The average molecular weight is 117 g/mol. The third-order valence-electron chi connectivity index (χ3n) is 0.710. The van der Waals surface area contributed by atoms with Crippen molar-refractivity contribution in [2.45, 2.75) is 0 Å². The Hall–Kier alpha value is -0.640. The van der Waals surface area contributed by atoms with Crippen LogP contribution in [0, 0.1) is 0 Å². The molecule has 0 rings (SSSR count). The van der Waals surface area contributed by atoms with Gasteiger partial charge >= 0.3 is 0 Å². The lowest BCUT2D eigenvalue weighted by atomic mass is 10.6. The molecule has 0 radical (unpaired) electrons. The van der Waals surface area contributed by atoms with Crippen molar-refractivity contribution < 1.29 is 5.21 Å². The molecule has 48 valence electrons. The molecule has 4 heteroatoms. The van der Waals surface area contributed by atoms with Crippen molar-refractivity contribution in [2.75, 3.05) is 27.2 Å². The Morgan fingerprint density at radius 3 is 2.50 bits per heavy atom. The zero-order valence-corrected chi connectivity index (χ0v) is 5.20. The van der Waals surface area contributed by atoms with E-state index >= 15 is 0 Å². The average Bonchev–Trinajstić information content (AvgIpc) is 1.66. The summed E-state index contributed by atoms with van der Waals surface area (Å²) in [6.45, 7) is 1.38. The van der Waals surface area contributed by atoms with Gasteiger partial charge in [0.15, 0.2) is 0 Å². The van der Waals surface area contributed by atoms with Gasteiger partial charge in [-0.3, -0.25) is 0 Å². The van der Waals surface area contributed by atoms with Gasteiger partial charge < -0.3 is 10.1 Å². The number of rotatable bonds is 3. The lowest BCUT2D eigenvalue weighted by molar-refractivity contribution is 0.276. The Balaban J connectivity index is 2.93.